The highest BCUT2D eigenvalue weighted by atomic mass is 16.5. The molecule has 0 saturated carbocycles. The molecule has 1 aliphatic heterocycles. The van der Waals surface area contributed by atoms with Crippen LogP contribution in [0.3, 0.4) is 0 Å². The lowest BCUT2D eigenvalue weighted by atomic mass is 10.0. The number of benzene rings is 1. The lowest BCUT2D eigenvalue weighted by molar-refractivity contribution is -0.122. The number of aryl methyl sites for hydroxylation is 1. The molecule has 1 aliphatic rings. The largest absolute Gasteiger partial charge is 0.360 e. The lowest BCUT2D eigenvalue weighted by Gasteiger charge is -2.38. The maximum absolute atomic E-state index is 13.0. The topological polar surface area (TPSA) is 61.6 Å². The summed E-state index contributed by atoms with van der Waals surface area (Å²) in [6.07, 6.45) is 1.16. The number of carbonyl (C=O) groups excluding carboxylic acids is 1. The fourth-order valence-corrected chi connectivity index (χ4v) is 3.34. The van der Waals surface area contributed by atoms with Crippen LogP contribution in [0, 0.1) is 6.92 Å². The first-order valence-corrected chi connectivity index (χ1v) is 8.93. The highest BCUT2D eigenvalue weighted by Gasteiger charge is 2.30. The van der Waals surface area contributed by atoms with E-state index in [-0.39, 0.29) is 11.9 Å². The van der Waals surface area contributed by atoms with Crippen molar-refractivity contribution in [1.29, 1.82) is 0 Å². The van der Waals surface area contributed by atoms with E-state index < -0.39 is 0 Å². The first kappa shape index (κ1) is 17.6. The molecule has 134 valence electrons. The predicted octanol–water partition coefficient (Wildman–Crippen LogP) is 2.69. The van der Waals surface area contributed by atoms with Crippen LogP contribution in [0.15, 0.2) is 40.9 Å². The van der Waals surface area contributed by atoms with Gasteiger partial charge in [0, 0.05) is 32.2 Å². The third-order valence-electron chi connectivity index (χ3n) is 4.55. The molecule has 1 saturated heterocycles. The molecule has 1 aromatic carbocycles. The van der Waals surface area contributed by atoms with Gasteiger partial charge < -0.3 is 14.7 Å². The molecule has 0 radical (unpaired) electrons. The number of nitrogens with zero attached hydrogens (tertiary/aromatic N) is 3. The van der Waals surface area contributed by atoms with Gasteiger partial charge in [-0.1, -0.05) is 42.4 Å². The van der Waals surface area contributed by atoms with Crippen LogP contribution in [-0.2, 0) is 4.79 Å². The summed E-state index contributed by atoms with van der Waals surface area (Å²) in [5.41, 5.74) is 1.00. The Hall–Kier alpha value is -2.18. The van der Waals surface area contributed by atoms with Gasteiger partial charge in [0.1, 0.15) is 11.8 Å². The minimum Gasteiger partial charge on any atom is -0.360 e. The fourth-order valence-electron chi connectivity index (χ4n) is 3.34. The summed E-state index contributed by atoms with van der Waals surface area (Å²) in [4.78, 5) is 17.7. The average Bonchev–Trinajstić information content (AvgIpc) is 3.03. The second kappa shape index (κ2) is 8.27. The normalized spacial score (nSPS) is 17.4. The van der Waals surface area contributed by atoms with Crippen molar-refractivity contribution >= 4 is 11.7 Å². The second-order valence-electron chi connectivity index (χ2n) is 6.50. The second-order valence-corrected chi connectivity index (χ2v) is 6.50. The number of piperazine rings is 1. The Balaban J connectivity index is 1.75. The molecule has 0 aliphatic carbocycles. The third-order valence-corrected chi connectivity index (χ3v) is 4.55. The molecule has 1 N–H and O–H groups in total. The van der Waals surface area contributed by atoms with Gasteiger partial charge in [-0.2, -0.15) is 0 Å². The van der Waals surface area contributed by atoms with E-state index in [0.717, 1.165) is 44.7 Å². The molecule has 1 fully saturated rings. The maximum Gasteiger partial charge on any atom is 0.247 e. The molecule has 0 bridgehead atoms. The van der Waals surface area contributed by atoms with Crippen molar-refractivity contribution in [2.45, 2.75) is 26.3 Å². The van der Waals surface area contributed by atoms with E-state index in [1.54, 1.807) is 6.07 Å². The Morgan fingerprint density at radius 2 is 1.96 bits per heavy atom. The molecule has 6 heteroatoms. The van der Waals surface area contributed by atoms with E-state index in [2.05, 4.69) is 27.2 Å². The van der Waals surface area contributed by atoms with Crippen LogP contribution >= 0.6 is 0 Å². The standard InChI is InChI=1S/C19H26N4O2/c1-3-9-22-10-12-23(13-11-22)18(16-7-5-4-6-8-16)19(24)20-17-14-15(2)25-21-17/h4-8,14,18H,3,9-13H2,1-2H3,(H,20,21,24)/t18-/m0/s1. The summed E-state index contributed by atoms with van der Waals surface area (Å²) in [7, 11) is 0. The quantitative estimate of drug-likeness (QED) is 0.874. The number of hydrogen-bond donors (Lipinski definition) is 1. The van der Waals surface area contributed by atoms with E-state index >= 15 is 0 Å². The summed E-state index contributed by atoms with van der Waals surface area (Å²) in [6, 6.07) is 11.4. The Morgan fingerprint density at radius 1 is 1.24 bits per heavy atom. The van der Waals surface area contributed by atoms with Gasteiger partial charge in [0.25, 0.3) is 0 Å². The molecule has 2 aromatic rings. The first-order valence-electron chi connectivity index (χ1n) is 8.93. The van der Waals surface area contributed by atoms with E-state index in [1.807, 2.05) is 37.3 Å². The zero-order valence-electron chi connectivity index (χ0n) is 14.9. The monoisotopic (exact) mass is 342 g/mol. The van der Waals surface area contributed by atoms with E-state index in [9.17, 15) is 4.79 Å². The van der Waals surface area contributed by atoms with Crippen molar-refractivity contribution in [2.24, 2.45) is 0 Å². The number of hydrogen-bond acceptors (Lipinski definition) is 5. The zero-order chi connectivity index (χ0) is 17.6. The highest BCUT2D eigenvalue weighted by molar-refractivity contribution is 5.94. The summed E-state index contributed by atoms with van der Waals surface area (Å²) in [5, 5.41) is 6.78. The highest BCUT2D eigenvalue weighted by Crippen LogP contribution is 2.24. The molecule has 3 rings (SSSR count). The molecule has 0 spiro atoms. The molecule has 2 heterocycles. The SMILES string of the molecule is CCCN1CCN([C@H](C(=O)Nc2cc(C)on2)c2ccccc2)CC1. The summed E-state index contributed by atoms with van der Waals surface area (Å²) >= 11 is 0. The Kier molecular flexibility index (Phi) is 5.83. The summed E-state index contributed by atoms with van der Waals surface area (Å²) in [6.45, 7) is 8.88. The lowest BCUT2D eigenvalue weighted by Crippen LogP contribution is -2.50. The van der Waals surface area contributed by atoms with Gasteiger partial charge in [-0.3, -0.25) is 9.69 Å². The van der Waals surface area contributed by atoms with Crippen LogP contribution in [0.2, 0.25) is 0 Å². The summed E-state index contributed by atoms with van der Waals surface area (Å²) in [5.74, 6) is 1.08. The molecule has 1 amide bonds. The minimum atomic E-state index is -0.318. The van der Waals surface area contributed by atoms with E-state index in [0.29, 0.717) is 11.6 Å². The number of aromatic nitrogens is 1. The van der Waals surface area contributed by atoms with Crippen molar-refractivity contribution in [3.63, 3.8) is 0 Å². The van der Waals surface area contributed by atoms with Crippen LogP contribution in [0.1, 0.15) is 30.7 Å². The number of nitrogens with one attached hydrogen (secondary N) is 1. The summed E-state index contributed by atoms with van der Waals surface area (Å²) < 4.78 is 5.05. The Morgan fingerprint density at radius 3 is 2.56 bits per heavy atom. The number of amides is 1. The van der Waals surface area contributed by atoms with Crippen molar-refractivity contribution < 1.29 is 9.32 Å². The Bertz CT molecular complexity index is 678. The average molecular weight is 342 g/mol. The van der Waals surface area contributed by atoms with Crippen LogP contribution < -0.4 is 5.32 Å². The van der Waals surface area contributed by atoms with Gasteiger partial charge in [0.05, 0.1) is 0 Å². The van der Waals surface area contributed by atoms with Gasteiger partial charge in [0.2, 0.25) is 5.91 Å². The zero-order valence-corrected chi connectivity index (χ0v) is 14.9. The van der Waals surface area contributed by atoms with Gasteiger partial charge in [-0.25, -0.2) is 0 Å². The maximum atomic E-state index is 13.0. The van der Waals surface area contributed by atoms with Crippen LogP contribution in [0.5, 0.6) is 0 Å². The fraction of sp³-hybridized carbons (Fsp3) is 0.474. The number of anilines is 1. The third kappa shape index (κ3) is 4.46. The van der Waals surface area contributed by atoms with Crippen LogP contribution in [0.25, 0.3) is 0 Å². The number of carbonyl (C=O) groups is 1. The minimum absolute atomic E-state index is 0.0663. The van der Waals surface area contributed by atoms with Crippen molar-refractivity contribution in [3.05, 3.63) is 47.7 Å². The number of rotatable bonds is 6. The molecule has 6 nitrogen and oxygen atoms in total. The smallest absolute Gasteiger partial charge is 0.247 e. The van der Waals surface area contributed by atoms with Crippen molar-refractivity contribution in [2.75, 3.05) is 38.0 Å². The van der Waals surface area contributed by atoms with Gasteiger partial charge >= 0.3 is 0 Å². The molecule has 1 atom stereocenters. The predicted molar refractivity (Wildman–Crippen MR) is 97.4 cm³/mol. The van der Waals surface area contributed by atoms with Crippen molar-refractivity contribution in [1.82, 2.24) is 15.0 Å². The van der Waals surface area contributed by atoms with Crippen molar-refractivity contribution in [3.8, 4) is 0 Å². The van der Waals surface area contributed by atoms with Gasteiger partial charge in [0.15, 0.2) is 5.82 Å². The van der Waals surface area contributed by atoms with E-state index in [4.69, 9.17) is 4.52 Å². The van der Waals surface area contributed by atoms with Crippen LogP contribution in [0.4, 0.5) is 5.82 Å². The van der Waals surface area contributed by atoms with Gasteiger partial charge in [-0.15, -0.1) is 0 Å². The molecule has 1 aromatic heterocycles. The molecular weight excluding hydrogens is 316 g/mol. The molecular formula is C19H26N4O2. The van der Waals surface area contributed by atoms with Crippen LogP contribution in [-0.4, -0.2) is 53.6 Å². The first-order chi connectivity index (χ1) is 12.2. The molecule has 25 heavy (non-hydrogen) atoms. The van der Waals surface area contributed by atoms with E-state index in [1.165, 1.54) is 0 Å². The Labute approximate surface area is 148 Å². The van der Waals surface area contributed by atoms with Gasteiger partial charge in [-0.05, 0) is 25.5 Å². The molecule has 0 unspecified atom stereocenters.